The van der Waals surface area contributed by atoms with Gasteiger partial charge in [0.15, 0.2) is 11.5 Å². The van der Waals surface area contributed by atoms with Gasteiger partial charge in [-0.25, -0.2) is 13.1 Å². The van der Waals surface area contributed by atoms with Gasteiger partial charge >= 0.3 is 0 Å². The third kappa shape index (κ3) is 3.81. The van der Waals surface area contributed by atoms with Gasteiger partial charge in [0.2, 0.25) is 5.91 Å². The second-order valence-electron chi connectivity index (χ2n) is 7.06. The molecule has 2 atom stereocenters. The fourth-order valence-corrected chi connectivity index (χ4v) is 4.11. The molecule has 0 spiro atoms. The standard InChI is InChI=1S/C18H25NO5S/c1-11(2)9-13-16(18(13,3)4)17(20)19-25(21,22)12-7-8-14(23-5)15(10-12)24-6/h7-10,13,16H,1-6H3,(H,19,20)/t13-,16-/m0/s1. The third-order valence-corrected chi connectivity index (χ3v) is 5.95. The summed E-state index contributed by atoms with van der Waals surface area (Å²) in [5, 5.41) is 0. The molecular weight excluding hydrogens is 342 g/mol. The lowest BCUT2D eigenvalue weighted by Gasteiger charge is -2.11. The van der Waals surface area contributed by atoms with Crippen LogP contribution in [0.25, 0.3) is 0 Å². The van der Waals surface area contributed by atoms with Crippen LogP contribution in [-0.4, -0.2) is 28.5 Å². The molecule has 0 radical (unpaired) electrons. The first-order valence-corrected chi connectivity index (χ1v) is 9.46. The van der Waals surface area contributed by atoms with Crippen LogP contribution in [0.3, 0.4) is 0 Å². The van der Waals surface area contributed by atoms with Crippen LogP contribution in [-0.2, 0) is 14.8 Å². The van der Waals surface area contributed by atoms with Gasteiger partial charge in [0.1, 0.15) is 0 Å². The molecule has 25 heavy (non-hydrogen) atoms. The van der Waals surface area contributed by atoms with E-state index in [9.17, 15) is 13.2 Å². The van der Waals surface area contributed by atoms with Crippen molar-refractivity contribution in [3.05, 3.63) is 29.8 Å². The Balaban J connectivity index is 2.22. The molecule has 2 rings (SSSR count). The fourth-order valence-electron chi connectivity index (χ4n) is 3.09. The van der Waals surface area contributed by atoms with E-state index < -0.39 is 15.9 Å². The quantitative estimate of drug-likeness (QED) is 0.782. The number of carbonyl (C=O) groups excluding carboxylic acids is 1. The van der Waals surface area contributed by atoms with E-state index in [1.807, 2.05) is 33.8 Å². The summed E-state index contributed by atoms with van der Waals surface area (Å²) in [6.45, 7) is 7.85. The molecule has 0 bridgehead atoms. The molecule has 1 N–H and O–H groups in total. The minimum Gasteiger partial charge on any atom is -0.493 e. The highest BCUT2D eigenvalue weighted by molar-refractivity contribution is 7.90. The van der Waals surface area contributed by atoms with Crippen LogP contribution >= 0.6 is 0 Å². The molecule has 0 heterocycles. The summed E-state index contributed by atoms with van der Waals surface area (Å²) in [6, 6.07) is 4.20. The zero-order valence-corrected chi connectivity index (χ0v) is 16.2. The molecule has 0 unspecified atom stereocenters. The van der Waals surface area contributed by atoms with Crippen molar-refractivity contribution in [3.63, 3.8) is 0 Å². The molecule has 6 nitrogen and oxygen atoms in total. The number of hydrogen-bond donors (Lipinski definition) is 1. The Morgan fingerprint density at radius 1 is 1.16 bits per heavy atom. The number of benzene rings is 1. The van der Waals surface area contributed by atoms with Gasteiger partial charge in [-0.1, -0.05) is 25.5 Å². The molecule has 1 aromatic rings. The average Bonchev–Trinajstić information content (AvgIpc) is 3.05. The highest BCUT2D eigenvalue weighted by atomic mass is 32.2. The molecule has 0 aliphatic heterocycles. The Morgan fingerprint density at radius 3 is 2.28 bits per heavy atom. The summed E-state index contributed by atoms with van der Waals surface area (Å²) in [5.41, 5.74) is 0.852. The fraction of sp³-hybridized carbons (Fsp3) is 0.500. The maximum atomic E-state index is 12.5. The highest BCUT2D eigenvalue weighted by Crippen LogP contribution is 2.59. The van der Waals surface area contributed by atoms with Gasteiger partial charge in [-0.3, -0.25) is 4.79 Å². The number of ether oxygens (including phenoxy) is 2. The van der Waals surface area contributed by atoms with Gasteiger partial charge in [0, 0.05) is 6.07 Å². The lowest BCUT2D eigenvalue weighted by atomic mass is 10.1. The SMILES string of the molecule is COc1ccc(S(=O)(=O)NC(=O)[C@@H]2[C@H](C=C(C)C)C2(C)C)cc1OC. The highest BCUT2D eigenvalue weighted by Gasteiger charge is 2.60. The van der Waals surface area contributed by atoms with E-state index in [-0.39, 0.29) is 27.9 Å². The van der Waals surface area contributed by atoms with Gasteiger partial charge in [-0.2, -0.15) is 0 Å². The number of nitrogens with one attached hydrogen (secondary N) is 1. The van der Waals surface area contributed by atoms with Crippen LogP contribution in [0, 0.1) is 17.3 Å². The molecule has 1 fully saturated rings. The van der Waals surface area contributed by atoms with E-state index in [0.29, 0.717) is 5.75 Å². The molecule has 1 saturated carbocycles. The van der Waals surface area contributed by atoms with Crippen LogP contribution in [0.4, 0.5) is 0 Å². The molecule has 0 aromatic heterocycles. The monoisotopic (exact) mass is 367 g/mol. The summed E-state index contributed by atoms with van der Waals surface area (Å²) in [5.74, 6) is -0.107. The Kier molecular flexibility index (Phi) is 5.18. The lowest BCUT2D eigenvalue weighted by Crippen LogP contribution is -2.33. The molecule has 138 valence electrons. The van der Waals surface area contributed by atoms with Crippen LogP contribution in [0.1, 0.15) is 27.7 Å². The number of allylic oxidation sites excluding steroid dienone is 2. The Hall–Kier alpha value is -2.02. The lowest BCUT2D eigenvalue weighted by molar-refractivity contribution is -0.121. The first-order chi connectivity index (χ1) is 11.5. The molecule has 7 heteroatoms. The number of sulfonamides is 1. The molecule has 1 aliphatic rings. The summed E-state index contributed by atoms with van der Waals surface area (Å²) < 4.78 is 37.5. The third-order valence-electron chi connectivity index (χ3n) is 4.61. The summed E-state index contributed by atoms with van der Waals surface area (Å²) >= 11 is 0. The van der Waals surface area contributed by atoms with Crippen molar-refractivity contribution in [1.29, 1.82) is 0 Å². The summed E-state index contributed by atoms with van der Waals surface area (Å²) in [6.07, 6.45) is 2.02. The van der Waals surface area contributed by atoms with Crippen molar-refractivity contribution in [2.45, 2.75) is 32.6 Å². The van der Waals surface area contributed by atoms with Gasteiger partial charge in [-0.05, 0) is 37.3 Å². The van der Waals surface area contributed by atoms with Crippen LogP contribution in [0.15, 0.2) is 34.7 Å². The minimum atomic E-state index is -3.98. The van der Waals surface area contributed by atoms with Crippen molar-refractivity contribution in [2.75, 3.05) is 14.2 Å². The molecule has 1 amide bonds. The van der Waals surface area contributed by atoms with E-state index in [1.54, 1.807) is 0 Å². The topological polar surface area (TPSA) is 81.7 Å². The zero-order chi connectivity index (χ0) is 19.0. The van der Waals surface area contributed by atoms with Crippen molar-refractivity contribution < 1.29 is 22.7 Å². The average molecular weight is 367 g/mol. The predicted molar refractivity (Wildman–Crippen MR) is 95.1 cm³/mol. The largest absolute Gasteiger partial charge is 0.493 e. The van der Waals surface area contributed by atoms with E-state index in [0.717, 1.165) is 5.57 Å². The molecular formula is C18H25NO5S. The maximum absolute atomic E-state index is 12.5. The number of rotatable bonds is 6. The van der Waals surface area contributed by atoms with E-state index in [2.05, 4.69) is 4.72 Å². The molecule has 1 aromatic carbocycles. The summed E-state index contributed by atoms with van der Waals surface area (Å²) in [7, 11) is -1.10. The van der Waals surface area contributed by atoms with Crippen molar-refractivity contribution in [3.8, 4) is 11.5 Å². The van der Waals surface area contributed by atoms with Crippen LogP contribution < -0.4 is 14.2 Å². The molecule has 1 aliphatic carbocycles. The van der Waals surface area contributed by atoms with Crippen molar-refractivity contribution in [1.82, 2.24) is 4.72 Å². The second-order valence-corrected chi connectivity index (χ2v) is 8.74. The van der Waals surface area contributed by atoms with E-state index in [1.165, 1.54) is 32.4 Å². The smallest absolute Gasteiger partial charge is 0.264 e. The zero-order valence-electron chi connectivity index (χ0n) is 15.4. The second kappa shape index (κ2) is 6.71. The normalized spacial score (nSPS) is 21.2. The number of carbonyl (C=O) groups is 1. The predicted octanol–water partition coefficient (Wildman–Crippen LogP) is 2.75. The van der Waals surface area contributed by atoms with Gasteiger partial charge in [-0.15, -0.1) is 0 Å². The number of hydrogen-bond acceptors (Lipinski definition) is 5. The van der Waals surface area contributed by atoms with Gasteiger partial charge in [0.05, 0.1) is 25.0 Å². The minimum absolute atomic E-state index is 0.0399. The Morgan fingerprint density at radius 2 is 1.76 bits per heavy atom. The Labute approximate surface area is 149 Å². The number of amides is 1. The Bertz CT molecular complexity index is 807. The first kappa shape index (κ1) is 19.3. The summed E-state index contributed by atoms with van der Waals surface area (Å²) in [4.78, 5) is 12.5. The van der Waals surface area contributed by atoms with E-state index >= 15 is 0 Å². The van der Waals surface area contributed by atoms with Gasteiger partial charge < -0.3 is 9.47 Å². The van der Waals surface area contributed by atoms with Crippen molar-refractivity contribution in [2.24, 2.45) is 17.3 Å². The van der Waals surface area contributed by atoms with E-state index in [4.69, 9.17) is 9.47 Å². The first-order valence-electron chi connectivity index (χ1n) is 7.98. The maximum Gasteiger partial charge on any atom is 0.264 e. The van der Waals surface area contributed by atoms with Crippen LogP contribution in [0.5, 0.6) is 11.5 Å². The van der Waals surface area contributed by atoms with Gasteiger partial charge in [0.25, 0.3) is 10.0 Å². The van der Waals surface area contributed by atoms with Crippen LogP contribution in [0.2, 0.25) is 0 Å². The molecule has 0 saturated heterocycles. The number of methoxy groups -OCH3 is 2. The van der Waals surface area contributed by atoms with Crippen molar-refractivity contribution >= 4 is 15.9 Å².